The minimum Gasteiger partial charge on any atom is -0.378 e. The van der Waals surface area contributed by atoms with Crippen LogP contribution < -0.4 is 5.73 Å². The average molecular weight is 212 g/mol. The summed E-state index contributed by atoms with van der Waals surface area (Å²) in [5.74, 6) is 0.381. The first-order valence-electron chi connectivity index (χ1n) is 5.88. The van der Waals surface area contributed by atoms with Crippen molar-refractivity contribution in [3.8, 4) is 0 Å². The predicted octanol–water partition coefficient (Wildman–Crippen LogP) is 0.361. The molecule has 0 aromatic heterocycles. The van der Waals surface area contributed by atoms with E-state index in [-0.39, 0.29) is 17.9 Å². The Kier molecular flexibility index (Phi) is 3.26. The lowest BCUT2D eigenvalue weighted by molar-refractivity contribution is -0.135. The molecule has 86 valence electrons. The van der Waals surface area contributed by atoms with Crippen molar-refractivity contribution >= 4 is 5.91 Å². The van der Waals surface area contributed by atoms with Crippen molar-refractivity contribution in [1.29, 1.82) is 0 Å². The summed E-state index contributed by atoms with van der Waals surface area (Å²) in [6, 6.07) is 0.127. The zero-order valence-corrected chi connectivity index (χ0v) is 9.32. The lowest BCUT2D eigenvalue weighted by Gasteiger charge is -2.31. The molecular weight excluding hydrogens is 192 g/mol. The average Bonchev–Trinajstić information content (AvgIpc) is 2.96. The van der Waals surface area contributed by atoms with Crippen LogP contribution in [-0.2, 0) is 9.53 Å². The number of piperidine rings is 1. The molecule has 4 heteroatoms. The number of ether oxygens (including phenoxy) is 1. The Bertz CT molecular complexity index is 237. The molecule has 2 unspecified atom stereocenters. The molecule has 1 aliphatic carbocycles. The minimum atomic E-state index is 0.119. The van der Waals surface area contributed by atoms with Gasteiger partial charge < -0.3 is 15.4 Å². The summed E-state index contributed by atoms with van der Waals surface area (Å²) >= 11 is 0. The van der Waals surface area contributed by atoms with Crippen LogP contribution in [0.15, 0.2) is 0 Å². The molecule has 1 heterocycles. The van der Waals surface area contributed by atoms with Gasteiger partial charge in [0.25, 0.3) is 0 Å². The summed E-state index contributed by atoms with van der Waals surface area (Å²) < 4.78 is 5.55. The molecule has 4 nitrogen and oxygen atoms in total. The quantitative estimate of drug-likeness (QED) is 0.735. The summed E-state index contributed by atoms with van der Waals surface area (Å²) in [6.07, 6.45) is 3.18. The fourth-order valence-corrected chi connectivity index (χ4v) is 2.21. The highest BCUT2D eigenvalue weighted by atomic mass is 16.5. The highest BCUT2D eigenvalue weighted by Gasteiger charge is 2.42. The summed E-state index contributed by atoms with van der Waals surface area (Å²) in [4.78, 5) is 13.8. The molecule has 1 saturated heterocycles. The van der Waals surface area contributed by atoms with E-state index in [1.165, 1.54) is 0 Å². The van der Waals surface area contributed by atoms with Gasteiger partial charge in [0.1, 0.15) is 0 Å². The van der Waals surface area contributed by atoms with Gasteiger partial charge in [0, 0.05) is 25.7 Å². The van der Waals surface area contributed by atoms with E-state index < -0.39 is 0 Å². The third kappa shape index (κ3) is 2.49. The Morgan fingerprint density at radius 1 is 1.47 bits per heavy atom. The van der Waals surface area contributed by atoms with Gasteiger partial charge in [-0.05, 0) is 26.2 Å². The number of hydrogen-bond acceptors (Lipinski definition) is 3. The Balaban J connectivity index is 1.75. The van der Waals surface area contributed by atoms with Crippen LogP contribution in [0, 0.1) is 5.92 Å². The highest BCUT2D eigenvalue weighted by molar-refractivity contribution is 5.82. The Morgan fingerprint density at radius 2 is 2.07 bits per heavy atom. The summed E-state index contributed by atoms with van der Waals surface area (Å²) in [5.41, 5.74) is 5.68. The second kappa shape index (κ2) is 4.49. The smallest absolute Gasteiger partial charge is 0.227 e. The van der Waals surface area contributed by atoms with E-state index in [4.69, 9.17) is 10.5 Å². The predicted molar refractivity (Wildman–Crippen MR) is 57.3 cm³/mol. The zero-order valence-electron chi connectivity index (χ0n) is 9.32. The molecule has 2 atom stereocenters. The highest BCUT2D eigenvalue weighted by Crippen LogP contribution is 2.31. The van der Waals surface area contributed by atoms with Gasteiger partial charge in [-0.25, -0.2) is 0 Å². The number of nitrogens with zero attached hydrogens (tertiary/aromatic N) is 1. The van der Waals surface area contributed by atoms with Gasteiger partial charge in [-0.2, -0.15) is 0 Å². The van der Waals surface area contributed by atoms with Gasteiger partial charge in [0.15, 0.2) is 0 Å². The molecule has 2 rings (SSSR count). The molecule has 0 aromatic rings. The maximum Gasteiger partial charge on any atom is 0.227 e. The number of amides is 1. The van der Waals surface area contributed by atoms with Crippen LogP contribution in [0.2, 0.25) is 0 Å². The van der Waals surface area contributed by atoms with E-state index in [9.17, 15) is 4.79 Å². The van der Waals surface area contributed by atoms with E-state index in [1.54, 1.807) is 0 Å². The van der Waals surface area contributed by atoms with Gasteiger partial charge in [-0.15, -0.1) is 0 Å². The SMILES string of the molecule is CCOC1CCN(C(=O)C2CC2N)CC1. The van der Waals surface area contributed by atoms with Crippen molar-refractivity contribution in [2.45, 2.75) is 38.3 Å². The molecule has 0 radical (unpaired) electrons. The van der Waals surface area contributed by atoms with Crippen LogP contribution in [0.25, 0.3) is 0 Å². The van der Waals surface area contributed by atoms with Crippen molar-refractivity contribution in [3.63, 3.8) is 0 Å². The van der Waals surface area contributed by atoms with Gasteiger partial charge >= 0.3 is 0 Å². The molecule has 15 heavy (non-hydrogen) atoms. The molecule has 2 aliphatic rings. The second-order valence-corrected chi connectivity index (χ2v) is 4.49. The van der Waals surface area contributed by atoms with Crippen molar-refractivity contribution in [3.05, 3.63) is 0 Å². The summed E-state index contributed by atoms with van der Waals surface area (Å²) in [7, 11) is 0. The van der Waals surface area contributed by atoms with E-state index in [1.807, 2.05) is 11.8 Å². The first-order chi connectivity index (χ1) is 7.22. The third-order valence-electron chi connectivity index (χ3n) is 3.31. The van der Waals surface area contributed by atoms with Crippen molar-refractivity contribution < 1.29 is 9.53 Å². The molecule has 1 saturated carbocycles. The molecule has 1 aliphatic heterocycles. The van der Waals surface area contributed by atoms with Crippen LogP contribution in [0.5, 0.6) is 0 Å². The lowest BCUT2D eigenvalue weighted by Crippen LogP contribution is -2.42. The molecule has 2 N–H and O–H groups in total. The van der Waals surface area contributed by atoms with Crippen molar-refractivity contribution in [2.75, 3.05) is 19.7 Å². The molecule has 1 amide bonds. The Morgan fingerprint density at radius 3 is 2.53 bits per heavy atom. The van der Waals surface area contributed by atoms with Crippen LogP contribution in [0.1, 0.15) is 26.2 Å². The zero-order chi connectivity index (χ0) is 10.8. The number of rotatable bonds is 3. The van der Waals surface area contributed by atoms with E-state index >= 15 is 0 Å². The minimum absolute atomic E-state index is 0.119. The largest absolute Gasteiger partial charge is 0.378 e. The van der Waals surface area contributed by atoms with Crippen LogP contribution in [0.4, 0.5) is 0 Å². The number of nitrogens with two attached hydrogens (primary N) is 1. The van der Waals surface area contributed by atoms with E-state index in [0.29, 0.717) is 6.10 Å². The third-order valence-corrected chi connectivity index (χ3v) is 3.31. The standard InChI is InChI=1S/C11H20N2O2/c1-2-15-8-3-5-13(6-4-8)11(14)9-7-10(9)12/h8-10H,2-7,12H2,1H3. The van der Waals surface area contributed by atoms with Crippen molar-refractivity contribution in [2.24, 2.45) is 11.7 Å². The molecule has 0 bridgehead atoms. The normalized spacial score (nSPS) is 31.7. The molecule has 0 aromatic carbocycles. The monoisotopic (exact) mass is 212 g/mol. The van der Waals surface area contributed by atoms with Gasteiger partial charge in [0.2, 0.25) is 5.91 Å². The molecule has 0 spiro atoms. The van der Waals surface area contributed by atoms with E-state index in [0.717, 1.165) is 39.0 Å². The maximum atomic E-state index is 11.8. The van der Waals surface area contributed by atoms with Crippen LogP contribution in [-0.4, -0.2) is 42.6 Å². The van der Waals surface area contributed by atoms with Gasteiger partial charge in [-0.1, -0.05) is 0 Å². The molecular formula is C11H20N2O2. The fraction of sp³-hybridized carbons (Fsp3) is 0.909. The van der Waals surface area contributed by atoms with Gasteiger partial charge in [-0.3, -0.25) is 4.79 Å². The first-order valence-corrected chi connectivity index (χ1v) is 5.88. The number of hydrogen-bond donors (Lipinski definition) is 1. The van der Waals surface area contributed by atoms with Crippen LogP contribution in [0.3, 0.4) is 0 Å². The lowest BCUT2D eigenvalue weighted by atomic mass is 10.1. The van der Waals surface area contributed by atoms with Gasteiger partial charge in [0.05, 0.1) is 12.0 Å². The first kappa shape index (κ1) is 10.9. The number of carbonyl (C=O) groups excluding carboxylic acids is 1. The summed E-state index contributed by atoms with van der Waals surface area (Å²) in [5, 5.41) is 0. The maximum absolute atomic E-state index is 11.8. The fourth-order valence-electron chi connectivity index (χ4n) is 2.21. The van der Waals surface area contributed by atoms with Crippen LogP contribution >= 0.6 is 0 Å². The topological polar surface area (TPSA) is 55.6 Å². The number of carbonyl (C=O) groups is 1. The summed E-state index contributed by atoms with van der Waals surface area (Å²) in [6.45, 7) is 4.46. The Labute approximate surface area is 90.8 Å². The molecule has 2 fully saturated rings. The van der Waals surface area contributed by atoms with E-state index in [2.05, 4.69) is 0 Å². The van der Waals surface area contributed by atoms with Crippen molar-refractivity contribution in [1.82, 2.24) is 4.90 Å². The second-order valence-electron chi connectivity index (χ2n) is 4.49. The Hall–Kier alpha value is -0.610. The number of likely N-dealkylation sites (tertiary alicyclic amines) is 1.